The number of tetrazole rings is 1. The van der Waals surface area contributed by atoms with E-state index in [2.05, 4.69) is 25.5 Å². The summed E-state index contributed by atoms with van der Waals surface area (Å²) in [4.78, 5) is 10.0. The van der Waals surface area contributed by atoms with Crippen LogP contribution < -0.4 is 0 Å². The van der Waals surface area contributed by atoms with Crippen LogP contribution in [0, 0.1) is 0 Å². The molecule has 0 saturated carbocycles. The molecule has 3 aromatic rings. The summed E-state index contributed by atoms with van der Waals surface area (Å²) in [6.07, 6.45) is 5.85. The smallest absolute Gasteiger partial charge is 0.215 e. The molecule has 23 heavy (non-hydrogen) atoms. The van der Waals surface area contributed by atoms with Crippen molar-refractivity contribution in [3.05, 3.63) is 29.9 Å². The van der Waals surface area contributed by atoms with Gasteiger partial charge in [-0.05, 0) is 46.5 Å². The van der Waals surface area contributed by atoms with Crippen molar-refractivity contribution in [2.24, 2.45) is 0 Å². The molecule has 1 fully saturated rings. The largest absolute Gasteiger partial charge is 0.376 e. The lowest BCUT2D eigenvalue weighted by Gasteiger charge is -2.09. The van der Waals surface area contributed by atoms with Crippen molar-refractivity contribution in [2.45, 2.75) is 35.7 Å². The second-order valence-electron chi connectivity index (χ2n) is 5.10. The van der Waals surface area contributed by atoms with E-state index in [0.29, 0.717) is 11.7 Å². The molecule has 0 spiro atoms. The van der Waals surface area contributed by atoms with Crippen LogP contribution in [0.2, 0.25) is 0 Å². The normalized spacial score (nSPS) is 17.7. The molecule has 7 nitrogen and oxygen atoms in total. The van der Waals surface area contributed by atoms with Gasteiger partial charge in [-0.15, -0.1) is 16.4 Å². The molecule has 1 unspecified atom stereocenters. The highest BCUT2D eigenvalue weighted by Gasteiger charge is 2.19. The zero-order valence-electron chi connectivity index (χ0n) is 12.2. The van der Waals surface area contributed by atoms with E-state index in [-0.39, 0.29) is 6.10 Å². The first-order chi connectivity index (χ1) is 11.4. The molecule has 1 saturated heterocycles. The molecule has 1 aliphatic heterocycles. The van der Waals surface area contributed by atoms with E-state index in [1.54, 1.807) is 28.4 Å². The van der Waals surface area contributed by atoms with Crippen LogP contribution in [-0.2, 0) is 11.3 Å². The standard InChI is InChI=1S/C14H14N6OS2/c1-3-10(21-5-1)9-20-14(17-18-19-20)23-13-8-15-7-11(16-13)12-4-2-6-22-12/h2,4,6-8,10H,1,3,5,9H2. The third kappa shape index (κ3) is 3.41. The van der Waals surface area contributed by atoms with Gasteiger partial charge in [-0.2, -0.15) is 0 Å². The molecule has 3 aromatic heterocycles. The van der Waals surface area contributed by atoms with Crippen molar-refractivity contribution in [2.75, 3.05) is 6.61 Å². The van der Waals surface area contributed by atoms with Gasteiger partial charge in [-0.25, -0.2) is 9.67 Å². The van der Waals surface area contributed by atoms with Gasteiger partial charge in [0.25, 0.3) is 0 Å². The van der Waals surface area contributed by atoms with E-state index < -0.39 is 0 Å². The minimum atomic E-state index is 0.196. The number of hydrogen-bond acceptors (Lipinski definition) is 8. The molecule has 0 aliphatic carbocycles. The second-order valence-corrected chi connectivity index (χ2v) is 7.04. The number of rotatable bonds is 5. The van der Waals surface area contributed by atoms with Crippen molar-refractivity contribution in [3.8, 4) is 10.6 Å². The summed E-state index contributed by atoms with van der Waals surface area (Å²) in [5, 5.41) is 15.4. The summed E-state index contributed by atoms with van der Waals surface area (Å²) in [5.74, 6) is 0. The summed E-state index contributed by atoms with van der Waals surface area (Å²) in [6.45, 7) is 1.50. The Hall–Kier alpha value is -1.84. The summed E-state index contributed by atoms with van der Waals surface area (Å²) in [7, 11) is 0. The predicted molar refractivity (Wildman–Crippen MR) is 86.3 cm³/mol. The van der Waals surface area contributed by atoms with E-state index in [4.69, 9.17) is 4.74 Å². The minimum absolute atomic E-state index is 0.196. The average molecular weight is 346 g/mol. The second kappa shape index (κ2) is 6.73. The molecular weight excluding hydrogens is 332 g/mol. The van der Waals surface area contributed by atoms with E-state index in [9.17, 15) is 0 Å². The van der Waals surface area contributed by atoms with Crippen LogP contribution in [0.1, 0.15) is 12.8 Å². The Morgan fingerprint density at radius 2 is 2.39 bits per heavy atom. The maximum absolute atomic E-state index is 5.65. The molecule has 0 aromatic carbocycles. The molecule has 118 valence electrons. The Kier molecular flexibility index (Phi) is 4.31. The van der Waals surface area contributed by atoms with Gasteiger partial charge in [0.1, 0.15) is 5.03 Å². The Labute approximate surface area is 141 Å². The van der Waals surface area contributed by atoms with Gasteiger partial charge in [0.2, 0.25) is 5.16 Å². The molecule has 0 bridgehead atoms. The SMILES string of the molecule is c1csc(-c2cncc(Sc3nnnn3CC3CCCO3)n2)c1. The first-order valence-electron chi connectivity index (χ1n) is 7.30. The maximum atomic E-state index is 5.65. The fourth-order valence-corrected chi connectivity index (χ4v) is 3.82. The average Bonchev–Trinajstić information content (AvgIpc) is 3.31. The van der Waals surface area contributed by atoms with Gasteiger partial charge in [-0.1, -0.05) is 6.07 Å². The fraction of sp³-hybridized carbons (Fsp3) is 0.357. The molecule has 4 heterocycles. The van der Waals surface area contributed by atoms with Crippen molar-refractivity contribution < 1.29 is 4.74 Å². The van der Waals surface area contributed by atoms with Crippen LogP contribution in [0.5, 0.6) is 0 Å². The van der Waals surface area contributed by atoms with Gasteiger partial charge in [0.15, 0.2) is 0 Å². The van der Waals surface area contributed by atoms with Gasteiger partial charge < -0.3 is 4.74 Å². The van der Waals surface area contributed by atoms with Crippen LogP contribution in [0.4, 0.5) is 0 Å². The fourth-order valence-electron chi connectivity index (χ4n) is 2.40. The molecule has 1 aliphatic rings. The summed E-state index contributed by atoms with van der Waals surface area (Å²) < 4.78 is 7.43. The monoisotopic (exact) mass is 346 g/mol. The number of nitrogens with zero attached hydrogens (tertiary/aromatic N) is 6. The van der Waals surface area contributed by atoms with Crippen LogP contribution in [0.15, 0.2) is 40.1 Å². The molecule has 0 amide bonds. The minimum Gasteiger partial charge on any atom is -0.376 e. The van der Waals surface area contributed by atoms with Gasteiger partial charge in [0.05, 0.1) is 35.6 Å². The molecule has 9 heteroatoms. The highest BCUT2D eigenvalue weighted by atomic mass is 32.2. The highest BCUT2D eigenvalue weighted by Crippen LogP contribution is 2.28. The van der Waals surface area contributed by atoms with Gasteiger partial charge >= 0.3 is 0 Å². The molecular formula is C14H14N6OS2. The Bertz CT molecular complexity index is 769. The number of hydrogen-bond donors (Lipinski definition) is 0. The van der Waals surface area contributed by atoms with Crippen LogP contribution in [0.25, 0.3) is 10.6 Å². The summed E-state index contributed by atoms with van der Waals surface area (Å²) in [6, 6.07) is 4.04. The zero-order valence-corrected chi connectivity index (χ0v) is 13.8. The van der Waals surface area contributed by atoms with Gasteiger partial charge in [0, 0.05) is 6.61 Å². The highest BCUT2D eigenvalue weighted by molar-refractivity contribution is 7.99. The predicted octanol–water partition coefficient (Wildman–Crippen LogP) is 2.52. The Balaban J connectivity index is 1.52. The van der Waals surface area contributed by atoms with E-state index >= 15 is 0 Å². The third-order valence-corrected chi connectivity index (χ3v) is 5.25. The van der Waals surface area contributed by atoms with Crippen LogP contribution in [0.3, 0.4) is 0 Å². The molecule has 0 radical (unpaired) electrons. The van der Waals surface area contributed by atoms with Gasteiger partial charge in [-0.3, -0.25) is 4.98 Å². The van der Waals surface area contributed by atoms with Crippen molar-refractivity contribution in [3.63, 3.8) is 0 Å². The molecule has 1 atom stereocenters. The topological polar surface area (TPSA) is 78.6 Å². The first-order valence-corrected chi connectivity index (χ1v) is 8.99. The van der Waals surface area contributed by atoms with E-state index in [0.717, 1.165) is 35.0 Å². The third-order valence-electron chi connectivity index (χ3n) is 3.48. The van der Waals surface area contributed by atoms with E-state index in [1.165, 1.54) is 11.8 Å². The number of thiophene rings is 1. The van der Waals surface area contributed by atoms with Crippen molar-refractivity contribution in [1.82, 2.24) is 30.2 Å². The first kappa shape index (κ1) is 14.7. The summed E-state index contributed by atoms with van der Waals surface area (Å²) in [5.41, 5.74) is 0.864. The van der Waals surface area contributed by atoms with Crippen LogP contribution in [-0.4, -0.2) is 42.9 Å². The molecule has 0 N–H and O–H groups in total. The quantitative estimate of drug-likeness (QED) is 0.702. The lowest BCUT2D eigenvalue weighted by Crippen LogP contribution is -2.16. The summed E-state index contributed by atoms with van der Waals surface area (Å²) >= 11 is 3.06. The number of aromatic nitrogens is 6. The lowest BCUT2D eigenvalue weighted by molar-refractivity contribution is 0.0912. The molecule has 4 rings (SSSR count). The number of ether oxygens (including phenoxy) is 1. The lowest BCUT2D eigenvalue weighted by atomic mass is 10.2. The van der Waals surface area contributed by atoms with Crippen molar-refractivity contribution >= 4 is 23.1 Å². The Morgan fingerprint density at radius 1 is 1.39 bits per heavy atom. The van der Waals surface area contributed by atoms with E-state index in [1.807, 2.05) is 17.5 Å². The Morgan fingerprint density at radius 3 is 3.22 bits per heavy atom. The zero-order chi connectivity index (χ0) is 15.5. The van der Waals surface area contributed by atoms with Crippen LogP contribution >= 0.6 is 23.1 Å². The maximum Gasteiger partial charge on any atom is 0.215 e. The van der Waals surface area contributed by atoms with Crippen molar-refractivity contribution in [1.29, 1.82) is 0 Å².